The lowest BCUT2D eigenvalue weighted by Gasteiger charge is -2.23. The molecular formula is C23H23FN8O2. The lowest BCUT2D eigenvalue weighted by atomic mass is 10.1. The number of hydrogen-bond acceptors (Lipinski definition) is 8. The Labute approximate surface area is 194 Å². The van der Waals surface area contributed by atoms with Crippen LogP contribution >= 0.6 is 0 Å². The van der Waals surface area contributed by atoms with E-state index in [1.807, 2.05) is 6.07 Å². The van der Waals surface area contributed by atoms with Gasteiger partial charge in [0.15, 0.2) is 11.5 Å². The molecule has 0 aliphatic carbocycles. The van der Waals surface area contributed by atoms with E-state index in [0.29, 0.717) is 28.4 Å². The summed E-state index contributed by atoms with van der Waals surface area (Å²) in [7, 11) is 0. The van der Waals surface area contributed by atoms with Crippen molar-refractivity contribution in [2.45, 2.75) is 25.5 Å². The molecule has 1 saturated heterocycles. The minimum absolute atomic E-state index is 0.0822. The van der Waals surface area contributed by atoms with Crippen molar-refractivity contribution in [1.82, 2.24) is 34.6 Å². The standard InChI is InChI=1S/C23H23FN8O2/c1-2-10-31-22(33)18-14-27-23(28-16-11-15(24)12-26-13-16)30-21(18)32(31)19-4-3-5-20(29-19)34-17-6-8-25-9-7-17/h2-5,11-14,17,25H,1,6-10H2,(H,27,28,30). The number of piperidine rings is 1. The molecule has 0 atom stereocenters. The summed E-state index contributed by atoms with van der Waals surface area (Å²) in [5.74, 6) is 0.640. The molecule has 0 radical (unpaired) electrons. The highest BCUT2D eigenvalue weighted by molar-refractivity contribution is 5.77. The number of pyridine rings is 2. The maximum Gasteiger partial charge on any atom is 0.278 e. The zero-order valence-corrected chi connectivity index (χ0v) is 18.3. The second-order valence-electron chi connectivity index (χ2n) is 7.84. The number of nitrogens with one attached hydrogen (secondary N) is 2. The van der Waals surface area contributed by atoms with Crippen molar-refractivity contribution >= 4 is 22.7 Å². The fourth-order valence-electron chi connectivity index (χ4n) is 3.89. The predicted molar refractivity (Wildman–Crippen MR) is 125 cm³/mol. The maximum atomic E-state index is 13.5. The molecule has 0 amide bonds. The van der Waals surface area contributed by atoms with Gasteiger partial charge in [-0.3, -0.25) is 9.78 Å². The van der Waals surface area contributed by atoms with Crippen LogP contribution in [0.25, 0.3) is 16.9 Å². The van der Waals surface area contributed by atoms with E-state index in [-0.39, 0.29) is 24.2 Å². The number of anilines is 2. The van der Waals surface area contributed by atoms with Gasteiger partial charge >= 0.3 is 0 Å². The number of fused-ring (bicyclic) bond motifs is 1. The molecule has 0 aromatic carbocycles. The van der Waals surface area contributed by atoms with Crippen molar-refractivity contribution in [3.05, 3.63) is 71.7 Å². The van der Waals surface area contributed by atoms with Crippen LogP contribution in [0.4, 0.5) is 16.0 Å². The van der Waals surface area contributed by atoms with Crippen LogP contribution in [0.2, 0.25) is 0 Å². The Hall–Kier alpha value is -4.12. The summed E-state index contributed by atoms with van der Waals surface area (Å²) in [6.07, 6.45) is 7.50. The molecule has 1 aliphatic rings. The first kappa shape index (κ1) is 21.7. The maximum absolute atomic E-state index is 13.5. The quantitative estimate of drug-likeness (QED) is 0.403. The van der Waals surface area contributed by atoms with Gasteiger partial charge in [-0.05, 0) is 32.0 Å². The molecule has 10 nitrogen and oxygen atoms in total. The van der Waals surface area contributed by atoms with Gasteiger partial charge in [0.1, 0.15) is 17.3 Å². The molecule has 11 heteroatoms. The summed E-state index contributed by atoms with van der Waals surface area (Å²) in [5, 5.41) is 6.55. The van der Waals surface area contributed by atoms with Crippen LogP contribution in [0.3, 0.4) is 0 Å². The van der Waals surface area contributed by atoms with Crippen LogP contribution in [0.15, 0.2) is 60.3 Å². The molecule has 5 rings (SSSR count). The van der Waals surface area contributed by atoms with Crippen LogP contribution in [-0.4, -0.2) is 48.5 Å². The Morgan fingerprint density at radius 1 is 1.24 bits per heavy atom. The molecule has 4 aromatic rings. The average molecular weight is 462 g/mol. The third-order valence-electron chi connectivity index (χ3n) is 5.44. The minimum atomic E-state index is -0.491. The van der Waals surface area contributed by atoms with Gasteiger partial charge in [0.25, 0.3) is 5.56 Å². The number of aromatic nitrogens is 6. The summed E-state index contributed by atoms with van der Waals surface area (Å²) in [5.41, 5.74) is 0.454. The molecule has 34 heavy (non-hydrogen) atoms. The minimum Gasteiger partial charge on any atom is -0.474 e. The van der Waals surface area contributed by atoms with E-state index in [9.17, 15) is 9.18 Å². The topological polar surface area (TPSA) is 112 Å². The van der Waals surface area contributed by atoms with Gasteiger partial charge in [0.05, 0.1) is 24.6 Å². The fraction of sp³-hybridized carbons (Fsp3) is 0.261. The smallest absolute Gasteiger partial charge is 0.278 e. The van der Waals surface area contributed by atoms with Crippen molar-refractivity contribution in [1.29, 1.82) is 0 Å². The van der Waals surface area contributed by atoms with E-state index < -0.39 is 5.82 Å². The normalized spacial score (nSPS) is 14.3. The number of halogens is 1. The average Bonchev–Trinajstić information content (AvgIpc) is 3.11. The second kappa shape index (κ2) is 9.40. The molecular weight excluding hydrogens is 439 g/mol. The van der Waals surface area contributed by atoms with Crippen molar-refractivity contribution < 1.29 is 9.13 Å². The highest BCUT2D eigenvalue weighted by Gasteiger charge is 2.19. The zero-order valence-electron chi connectivity index (χ0n) is 18.3. The first-order valence-corrected chi connectivity index (χ1v) is 10.9. The van der Waals surface area contributed by atoms with E-state index >= 15 is 0 Å². The summed E-state index contributed by atoms with van der Waals surface area (Å²) >= 11 is 0. The summed E-state index contributed by atoms with van der Waals surface area (Å²) in [6, 6.07) is 6.68. The lowest BCUT2D eigenvalue weighted by Crippen LogP contribution is -2.34. The number of hydrogen-bond donors (Lipinski definition) is 2. The van der Waals surface area contributed by atoms with E-state index in [2.05, 4.69) is 37.1 Å². The van der Waals surface area contributed by atoms with E-state index in [0.717, 1.165) is 32.1 Å². The third kappa shape index (κ3) is 4.37. The molecule has 0 saturated carbocycles. The van der Waals surface area contributed by atoms with Gasteiger partial charge < -0.3 is 15.4 Å². The third-order valence-corrected chi connectivity index (χ3v) is 5.44. The van der Waals surface area contributed by atoms with Gasteiger partial charge in [-0.25, -0.2) is 18.7 Å². The Morgan fingerprint density at radius 2 is 2.09 bits per heavy atom. The monoisotopic (exact) mass is 462 g/mol. The van der Waals surface area contributed by atoms with E-state index in [1.165, 1.54) is 23.1 Å². The molecule has 2 N–H and O–H groups in total. The van der Waals surface area contributed by atoms with Crippen molar-refractivity contribution in [3.63, 3.8) is 0 Å². The molecule has 0 unspecified atom stereocenters. The number of rotatable bonds is 7. The fourth-order valence-corrected chi connectivity index (χ4v) is 3.89. The first-order chi connectivity index (χ1) is 16.6. The Morgan fingerprint density at radius 3 is 2.88 bits per heavy atom. The Bertz CT molecular complexity index is 1390. The largest absolute Gasteiger partial charge is 0.474 e. The van der Waals surface area contributed by atoms with Crippen molar-refractivity contribution in [2.75, 3.05) is 18.4 Å². The van der Waals surface area contributed by atoms with Gasteiger partial charge in [-0.1, -0.05) is 12.1 Å². The predicted octanol–water partition coefficient (Wildman–Crippen LogP) is 2.57. The highest BCUT2D eigenvalue weighted by Crippen LogP contribution is 2.21. The van der Waals surface area contributed by atoms with Gasteiger partial charge in [0.2, 0.25) is 11.8 Å². The van der Waals surface area contributed by atoms with E-state index in [1.54, 1.807) is 22.9 Å². The van der Waals surface area contributed by atoms with Crippen molar-refractivity contribution in [2.24, 2.45) is 0 Å². The molecule has 5 heterocycles. The Balaban J connectivity index is 1.57. The van der Waals surface area contributed by atoms with Crippen LogP contribution in [0.5, 0.6) is 5.88 Å². The van der Waals surface area contributed by atoms with Crippen LogP contribution in [-0.2, 0) is 6.54 Å². The van der Waals surface area contributed by atoms with Crippen LogP contribution < -0.4 is 20.9 Å². The molecule has 1 aliphatic heterocycles. The van der Waals surface area contributed by atoms with Gasteiger partial charge in [-0.2, -0.15) is 9.97 Å². The molecule has 0 spiro atoms. The zero-order chi connectivity index (χ0) is 23.5. The SMILES string of the molecule is C=CCn1c(=O)c2cnc(Nc3cncc(F)c3)nc2n1-c1cccc(OC2CCNCC2)n1. The molecule has 4 aromatic heterocycles. The summed E-state index contributed by atoms with van der Waals surface area (Å²) in [6.45, 7) is 5.81. The second-order valence-corrected chi connectivity index (χ2v) is 7.84. The van der Waals surface area contributed by atoms with Crippen LogP contribution in [0, 0.1) is 5.82 Å². The lowest BCUT2D eigenvalue weighted by molar-refractivity contribution is 0.156. The molecule has 1 fully saturated rings. The molecule has 174 valence electrons. The van der Waals surface area contributed by atoms with Gasteiger partial charge in [0, 0.05) is 18.3 Å². The van der Waals surface area contributed by atoms with Crippen LogP contribution in [0.1, 0.15) is 12.8 Å². The Kier molecular flexibility index (Phi) is 6.00. The first-order valence-electron chi connectivity index (χ1n) is 10.9. The molecule has 0 bridgehead atoms. The number of ether oxygens (including phenoxy) is 1. The summed E-state index contributed by atoms with van der Waals surface area (Å²) < 4.78 is 22.7. The highest BCUT2D eigenvalue weighted by atomic mass is 19.1. The van der Waals surface area contributed by atoms with Gasteiger partial charge in [-0.15, -0.1) is 6.58 Å². The summed E-state index contributed by atoms with van der Waals surface area (Å²) in [4.78, 5) is 30.3. The van der Waals surface area contributed by atoms with E-state index in [4.69, 9.17) is 4.74 Å². The number of nitrogens with zero attached hydrogens (tertiary/aromatic N) is 6. The number of allylic oxidation sites excluding steroid dienone is 1. The van der Waals surface area contributed by atoms with Crippen molar-refractivity contribution in [3.8, 4) is 11.7 Å².